The Hall–Kier alpha value is -2.29. The molecule has 0 spiro atoms. The Bertz CT molecular complexity index is 635. The molecule has 0 aromatic heterocycles. The minimum absolute atomic E-state index is 0.214. The van der Waals surface area contributed by atoms with Crippen LogP contribution in [0.15, 0.2) is 42.5 Å². The fourth-order valence-corrected chi connectivity index (χ4v) is 2.18. The second-order valence-corrected chi connectivity index (χ2v) is 5.17. The highest BCUT2D eigenvalue weighted by Crippen LogP contribution is 2.17. The van der Waals surface area contributed by atoms with E-state index in [4.69, 9.17) is 4.74 Å². The van der Waals surface area contributed by atoms with Gasteiger partial charge in [-0.1, -0.05) is 30.3 Å². The number of anilines is 1. The smallest absolute Gasteiger partial charge is 0.309 e. The first-order valence-corrected chi connectivity index (χ1v) is 7.05. The molecule has 2 rings (SSSR count). The van der Waals surface area contributed by atoms with Crippen molar-refractivity contribution < 1.29 is 9.53 Å². The number of nitrogens with one attached hydrogen (secondary N) is 1. The van der Waals surface area contributed by atoms with Crippen molar-refractivity contribution in [3.63, 3.8) is 0 Å². The normalized spacial score (nSPS) is 10.2. The molecule has 0 unspecified atom stereocenters. The zero-order valence-electron chi connectivity index (χ0n) is 12.8. The van der Waals surface area contributed by atoms with E-state index >= 15 is 0 Å². The number of carbonyl (C=O) groups is 1. The molecule has 1 N–H and O–H groups in total. The standard InChI is InChI=1S/C18H21NO2/c1-13-8-9-17(10-14(13)2)19-12-16-7-5-4-6-15(16)11-18(20)21-3/h4-10,19H,11-12H2,1-3H3. The molecule has 0 aliphatic rings. The minimum atomic E-state index is -0.214. The fraction of sp³-hybridized carbons (Fsp3) is 0.278. The molecule has 0 atom stereocenters. The number of methoxy groups -OCH3 is 1. The molecule has 3 heteroatoms. The molecule has 0 aliphatic heterocycles. The second kappa shape index (κ2) is 6.93. The Balaban J connectivity index is 2.09. The van der Waals surface area contributed by atoms with E-state index in [1.807, 2.05) is 24.3 Å². The lowest BCUT2D eigenvalue weighted by atomic mass is 10.0. The molecule has 0 amide bonds. The van der Waals surface area contributed by atoms with Gasteiger partial charge in [-0.2, -0.15) is 0 Å². The number of hydrogen-bond acceptors (Lipinski definition) is 3. The average Bonchev–Trinajstić information content (AvgIpc) is 2.49. The van der Waals surface area contributed by atoms with E-state index in [9.17, 15) is 4.79 Å². The maximum Gasteiger partial charge on any atom is 0.309 e. The molecule has 2 aromatic carbocycles. The number of carbonyl (C=O) groups excluding carboxylic acids is 1. The number of benzene rings is 2. The van der Waals surface area contributed by atoms with Crippen LogP contribution < -0.4 is 5.32 Å². The molecule has 3 nitrogen and oxygen atoms in total. The van der Waals surface area contributed by atoms with Crippen LogP contribution in [0.4, 0.5) is 5.69 Å². The zero-order valence-corrected chi connectivity index (χ0v) is 12.8. The van der Waals surface area contributed by atoms with Gasteiger partial charge in [0.25, 0.3) is 0 Å². The Morgan fingerprint density at radius 1 is 1.05 bits per heavy atom. The van der Waals surface area contributed by atoms with Gasteiger partial charge in [0.2, 0.25) is 0 Å². The number of hydrogen-bond donors (Lipinski definition) is 1. The van der Waals surface area contributed by atoms with Crippen molar-refractivity contribution in [3.8, 4) is 0 Å². The maximum absolute atomic E-state index is 11.4. The lowest BCUT2D eigenvalue weighted by molar-refractivity contribution is -0.139. The summed E-state index contributed by atoms with van der Waals surface area (Å²) in [7, 11) is 1.41. The van der Waals surface area contributed by atoms with E-state index in [2.05, 4.69) is 37.4 Å². The minimum Gasteiger partial charge on any atom is -0.469 e. The van der Waals surface area contributed by atoms with Gasteiger partial charge in [0.1, 0.15) is 0 Å². The summed E-state index contributed by atoms with van der Waals surface area (Å²) in [6.07, 6.45) is 0.307. The van der Waals surface area contributed by atoms with E-state index in [1.54, 1.807) is 0 Å². The largest absolute Gasteiger partial charge is 0.469 e. The van der Waals surface area contributed by atoms with Crippen molar-refractivity contribution in [3.05, 3.63) is 64.7 Å². The van der Waals surface area contributed by atoms with Gasteiger partial charge in [0, 0.05) is 12.2 Å². The van der Waals surface area contributed by atoms with Crippen LogP contribution in [-0.4, -0.2) is 13.1 Å². The molecule has 0 bridgehead atoms. The Morgan fingerprint density at radius 3 is 2.43 bits per heavy atom. The van der Waals surface area contributed by atoms with Gasteiger partial charge in [-0.05, 0) is 48.2 Å². The van der Waals surface area contributed by atoms with Crippen LogP contribution in [-0.2, 0) is 22.5 Å². The van der Waals surface area contributed by atoms with E-state index in [-0.39, 0.29) is 5.97 Å². The summed E-state index contributed by atoms with van der Waals surface area (Å²) in [4.78, 5) is 11.4. The summed E-state index contributed by atoms with van der Waals surface area (Å²) in [6.45, 7) is 4.89. The first-order chi connectivity index (χ1) is 10.1. The molecule has 0 aliphatic carbocycles. The summed E-state index contributed by atoms with van der Waals surface area (Å²) in [5.41, 5.74) is 5.75. The van der Waals surface area contributed by atoms with Crippen molar-refractivity contribution in [2.45, 2.75) is 26.8 Å². The topological polar surface area (TPSA) is 38.3 Å². The van der Waals surface area contributed by atoms with E-state index in [0.717, 1.165) is 16.8 Å². The number of esters is 1. The second-order valence-electron chi connectivity index (χ2n) is 5.17. The quantitative estimate of drug-likeness (QED) is 0.852. The van der Waals surface area contributed by atoms with Crippen LogP contribution in [0.2, 0.25) is 0 Å². The van der Waals surface area contributed by atoms with E-state index in [0.29, 0.717) is 13.0 Å². The van der Waals surface area contributed by atoms with Gasteiger partial charge >= 0.3 is 5.97 Å². The van der Waals surface area contributed by atoms with E-state index < -0.39 is 0 Å². The fourth-order valence-electron chi connectivity index (χ4n) is 2.18. The Morgan fingerprint density at radius 2 is 1.76 bits per heavy atom. The molecule has 21 heavy (non-hydrogen) atoms. The van der Waals surface area contributed by atoms with Crippen molar-refractivity contribution in [2.24, 2.45) is 0 Å². The Labute approximate surface area is 126 Å². The molecule has 0 heterocycles. The molecule has 110 valence electrons. The predicted molar refractivity (Wildman–Crippen MR) is 85.4 cm³/mol. The van der Waals surface area contributed by atoms with Crippen molar-refractivity contribution in [1.29, 1.82) is 0 Å². The van der Waals surface area contributed by atoms with Gasteiger partial charge in [0.05, 0.1) is 13.5 Å². The highest BCUT2D eigenvalue weighted by molar-refractivity contribution is 5.73. The van der Waals surface area contributed by atoms with Crippen molar-refractivity contribution in [1.82, 2.24) is 0 Å². The van der Waals surface area contributed by atoms with Gasteiger partial charge in [-0.15, -0.1) is 0 Å². The monoisotopic (exact) mass is 283 g/mol. The highest BCUT2D eigenvalue weighted by atomic mass is 16.5. The SMILES string of the molecule is COC(=O)Cc1ccccc1CNc1ccc(C)c(C)c1. The predicted octanol–water partition coefficient (Wildman–Crippen LogP) is 3.63. The highest BCUT2D eigenvalue weighted by Gasteiger charge is 2.07. The lowest BCUT2D eigenvalue weighted by Crippen LogP contribution is -2.09. The van der Waals surface area contributed by atoms with Crippen molar-refractivity contribution in [2.75, 3.05) is 12.4 Å². The van der Waals surface area contributed by atoms with Gasteiger partial charge in [-0.25, -0.2) is 0 Å². The van der Waals surface area contributed by atoms with Crippen LogP contribution in [0.1, 0.15) is 22.3 Å². The molecule has 0 saturated carbocycles. The van der Waals surface area contributed by atoms with Crippen LogP contribution in [0.3, 0.4) is 0 Å². The molecule has 0 fully saturated rings. The number of ether oxygens (including phenoxy) is 1. The summed E-state index contributed by atoms with van der Waals surface area (Å²) in [5.74, 6) is -0.214. The van der Waals surface area contributed by atoms with Gasteiger partial charge in [-0.3, -0.25) is 4.79 Å². The first-order valence-electron chi connectivity index (χ1n) is 7.05. The number of aryl methyl sites for hydroxylation is 2. The summed E-state index contributed by atoms with van der Waals surface area (Å²) >= 11 is 0. The molecular formula is C18H21NO2. The van der Waals surface area contributed by atoms with E-state index in [1.165, 1.54) is 18.2 Å². The van der Waals surface area contributed by atoms with Crippen LogP contribution >= 0.6 is 0 Å². The van der Waals surface area contributed by atoms with Crippen LogP contribution in [0.25, 0.3) is 0 Å². The van der Waals surface area contributed by atoms with Crippen LogP contribution in [0, 0.1) is 13.8 Å². The molecule has 2 aromatic rings. The average molecular weight is 283 g/mol. The lowest BCUT2D eigenvalue weighted by Gasteiger charge is -2.12. The maximum atomic E-state index is 11.4. The molecule has 0 saturated heterocycles. The zero-order chi connectivity index (χ0) is 15.2. The molecular weight excluding hydrogens is 262 g/mol. The summed E-state index contributed by atoms with van der Waals surface area (Å²) in [6, 6.07) is 14.2. The molecule has 0 radical (unpaired) electrons. The summed E-state index contributed by atoms with van der Waals surface area (Å²) in [5, 5.41) is 3.41. The van der Waals surface area contributed by atoms with Crippen LogP contribution in [0.5, 0.6) is 0 Å². The first kappa shape index (κ1) is 15.1. The third kappa shape index (κ3) is 4.09. The van der Waals surface area contributed by atoms with Crippen molar-refractivity contribution >= 4 is 11.7 Å². The van der Waals surface area contributed by atoms with Gasteiger partial charge in [0.15, 0.2) is 0 Å². The Kier molecular flexibility index (Phi) is 4.99. The van der Waals surface area contributed by atoms with Gasteiger partial charge < -0.3 is 10.1 Å². The summed E-state index contributed by atoms with van der Waals surface area (Å²) < 4.78 is 4.74. The third-order valence-corrected chi connectivity index (χ3v) is 3.67. The third-order valence-electron chi connectivity index (χ3n) is 3.67. The number of rotatable bonds is 5.